The summed E-state index contributed by atoms with van der Waals surface area (Å²) in [4.78, 5) is 7.71. The maximum absolute atomic E-state index is 6.42. The molecule has 0 atom stereocenters. The fraction of sp³-hybridized carbons (Fsp3) is 0.0323. The van der Waals surface area contributed by atoms with Gasteiger partial charge in [-0.1, -0.05) is 175 Å². The highest BCUT2D eigenvalue weighted by Gasteiger charge is 2.52. The zero-order chi connectivity index (χ0) is 43.1. The first-order valence-corrected chi connectivity index (χ1v) is 24.3. The van der Waals surface area contributed by atoms with Crippen molar-refractivity contribution in [3.05, 3.63) is 269 Å². The summed E-state index contributed by atoms with van der Waals surface area (Å²) >= 11 is 3.77. The van der Waals surface area contributed by atoms with Crippen LogP contribution in [0.2, 0.25) is 0 Å². The number of hydrogen-bond acceptors (Lipinski definition) is 4. The van der Waals surface area contributed by atoms with Gasteiger partial charge in [0.15, 0.2) is 0 Å². The summed E-state index contributed by atoms with van der Waals surface area (Å²) in [5.74, 6) is 0. The predicted molar refractivity (Wildman–Crippen MR) is 271 cm³/mol. The minimum atomic E-state index is -0.446. The molecule has 0 fully saturated rings. The van der Waals surface area contributed by atoms with Gasteiger partial charge in [-0.25, -0.2) is 0 Å². The fourth-order valence-corrected chi connectivity index (χ4v) is 14.7. The van der Waals surface area contributed by atoms with Crippen molar-refractivity contribution in [2.24, 2.45) is 0 Å². The fourth-order valence-electron chi connectivity index (χ4n) is 12.3. The number of rotatable bonds is 3. The molecule has 0 bridgehead atoms. The van der Waals surface area contributed by atoms with E-state index in [9.17, 15) is 0 Å². The summed E-state index contributed by atoms with van der Waals surface area (Å²) in [6, 6.07) is 84.0. The van der Waals surface area contributed by atoms with E-state index in [2.05, 4.69) is 223 Å². The molecule has 308 valence electrons. The van der Waals surface area contributed by atoms with Gasteiger partial charge in [-0.05, 0) is 140 Å². The molecular formula is C62H37NOS2. The van der Waals surface area contributed by atoms with Crippen LogP contribution in [-0.2, 0) is 10.8 Å². The summed E-state index contributed by atoms with van der Waals surface area (Å²) in [6.07, 6.45) is 0. The van der Waals surface area contributed by atoms with E-state index in [0.29, 0.717) is 0 Å². The minimum absolute atomic E-state index is 0.446. The molecular weight excluding hydrogens is 839 g/mol. The average Bonchev–Trinajstić information content (AvgIpc) is 3.99. The first-order chi connectivity index (χ1) is 32.7. The molecule has 11 aromatic rings. The number of anilines is 3. The van der Waals surface area contributed by atoms with Crippen molar-refractivity contribution in [2.75, 3.05) is 4.90 Å². The molecule has 0 saturated heterocycles. The van der Waals surface area contributed by atoms with E-state index in [-0.39, 0.29) is 0 Å². The van der Waals surface area contributed by atoms with Crippen LogP contribution < -0.4 is 4.90 Å². The minimum Gasteiger partial charge on any atom is -0.456 e. The van der Waals surface area contributed by atoms with Crippen LogP contribution in [0.1, 0.15) is 44.5 Å². The van der Waals surface area contributed by atoms with Gasteiger partial charge in [0.2, 0.25) is 0 Å². The Bertz CT molecular complexity index is 3590. The van der Waals surface area contributed by atoms with Crippen LogP contribution in [0.25, 0.3) is 44.2 Å². The molecule has 4 heteroatoms. The molecule has 66 heavy (non-hydrogen) atoms. The van der Waals surface area contributed by atoms with E-state index in [1.165, 1.54) is 86.3 Å². The number of benzene rings is 10. The van der Waals surface area contributed by atoms with Gasteiger partial charge in [0.1, 0.15) is 11.2 Å². The third kappa shape index (κ3) is 4.70. The molecule has 0 radical (unpaired) electrons. The molecule has 2 nitrogen and oxygen atoms in total. The average molecular weight is 876 g/mol. The molecule has 3 heterocycles. The highest BCUT2D eigenvalue weighted by Crippen LogP contribution is 2.65. The second-order valence-electron chi connectivity index (χ2n) is 17.9. The molecule has 0 saturated carbocycles. The Hall–Kier alpha value is -7.50. The predicted octanol–water partition coefficient (Wildman–Crippen LogP) is 16.7. The van der Waals surface area contributed by atoms with Crippen LogP contribution in [0, 0.1) is 0 Å². The largest absolute Gasteiger partial charge is 0.456 e. The van der Waals surface area contributed by atoms with Crippen molar-refractivity contribution in [1.29, 1.82) is 0 Å². The van der Waals surface area contributed by atoms with Gasteiger partial charge in [-0.2, -0.15) is 0 Å². The van der Waals surface area contributed by atoms with Crippen molar-refractivity contribution < 1.29 is 4.42 Å². The lowest BCUT2D eigenvalue weighted by molar-refractivity contribution is 0.669. The number of fused-ring (bicyclic) bond motifs is 21. The topological polar surface area (TPSA) is 16.4 Å². The quantitative estimate of drug-likeness (QED) is 0.176. The zero-order valence-electron chi connectivity index (χ0n) is 35.5. The summed E-state index contributed by atoms with van der Waals surface area (Å²) in [7, 11) is 0. The van der Waals surface area contributed by atoms with Crippen molar-refractivity contribution >= 4 is 62.5 Å². The maximum Gasteiger partial charge on any atom is 0.135 e. The second-order valence-corrected chi connectivity index (χ2v) is 20.0. The van der Waals surface area contributed by atoms with Gasteiger partial charge >= 0.3 is 0 Å². The van der Waals surface area contributed by atoms with Crippen LogP contribution in [0.5, 0.6) is 0 Å². The van der Waals surface area contributed by atoms with Gasteiger partial charge in [0.05, 0.1) is 10.8 Å². The second kappa shape index (κ2) is 13.5. The van der Waals surface area contributed by atoms with Crippen LogP contribution in [0.4, 0.5) is 17.1 Å². The number of para-hydroxylation sites is 1. The Balaban J connectivity index is 0.994. The maximum atomic E-state index is 6.42. The van der Waals surface area contributed by atoms with E-state index < -0.39 is 10.8 Å². The monoisotopic (exact) mass is 875 g/mol. The van der Waals surface area contributed by atoms with Crippen molar-refractivity contribution in [3.8, 4) is 22.3 Å². The first-order valence-electron chi connectivity index (χ1n) is 22.7. The molecule has 2 aliphatic carbocycles. The first kappa shape index (κ1) is 36.8. The lowest BCUT2D eigenvalue weighted by atomic mass is 9.67. The van der Waals surface area contributed by atoms with Gasteiger partial charge in [0.25, 0.3) is 0 Å². The Kier molecular flexibility index (Phi) is 7.54. The lowest BCUT2D eigenvalue weighted by Gasteiger charge is -2.40. The molecule has 2 spiro atoms. The number of furan rings is 1. The summed E-state index contributed by atoms with van der Waals surface area (Å²) in [5, 5.41) is 2.22. The molecule has 1 aromatic heterocycles. The third-order valence-corrected chi connectivity index (χ3v) is 17.1. The third-order valence-electron chi connectivity index (χ3n) is 14.8. The molecule has 0 N–H and O–H groups in total. The number of hydrogen-bond donors (Lipinski definition) is 0. The van der Waals surface area contributed by atoms with Gasteiger partial charge in [0, 0.05) is 47.4 Å². The Morgan fingerprint density at radius 1 is 0.288 bits per heavy atom. The molecule has 4 aliphatic rings. The molecule has 0 unspecified atom stereocenters. The summed E-state index contributed by atoms with van der Waals surface area (Å²) in [6.45, 7) is 0. The van der Waals surface area contributed by atoms with E-state index in [4.69, 9.17) is 4.42 Å². The zero-order valence-corrected chi connectivity index (χ0v) is 37.2. The SMILES string of the molecule is c1ccc2c(c1)Sc1ccccc1C21c2ccccc2-c2cc(N(c3ccc4c(c3)-c3ccccc3C43c4ccccc4Sc4ccccc43)c3ccc4oc5ccccc5c4c3)ccc21. The summed E-state index contributed by atoms with van der Waals surface area (Å²) < 4.78 is 6.42. The standard InChI is InChI=1S/C62H37NOS2/c1-4-18-47-41(15-1)44-35-38(29-32-49(44)61(47)51-20-6-11-25-57(51)65-58-26-12-7-21-52(58)61)63(40-31-34-56-46(37-40)43-17-3-10-24-55(43)64-56)39-30-33-50-45(36-39)42-16-2-5-19-48(42)62(50)53-22-8-13-27-59(53)66-60-28-14-9-23-54(60)62/h1-37H. The highest BCUT2D eigenvalue weighted by atomic mass is 32.2. The Morgan fingerprint density at radius 3 is 1.15 bits per heavy atom. The highest BCUT2D eigenvalue weighted by molar-refractivity contribution is 7.99. The van der Waals surface area contributed by atoms with Crippen molar-refractivity contribution in [1.82, 2.24) is 0 Å². The van der Waals surface area contributed by atoms with E-state index in [1.54, 1.807) is 0 Å². The van der Waals surface area contributed by atoms with Crippen LogP contribution in [-0.4, -0.2) is 0 Å². The van der Waals surface area contributed by atoms with Gasteiger partial charge < -0.3 is 9.32 Å². The molecule has 0 amide bonds. The van der Waals surface area contributed by atoms with Gasteiger partial charge in [-0.3, -0.25) is 0 Å². The Labute approximate surface area is 391 Å². The molecule has 2 aliphatic heterocycles. The van der Waals surface area contributed by atoms with E-state index in [1.807, 2.05) is 29.6 Å². The Morgan fingerprint density at radius 2 is 0.652 bits per heavy atom. The normalized spacial score (nSPS) is 14.8. The van der Waals surface area contributed by atoms with E-state index in [0.717, 1.165) is 39.0 Å². The molecule has 10 aromatic carbocycles. The van der Waals surface area contributed by atoms with Crippen LogP contribution in [0.3, 0.4) is 0 Å². The van der Waals surface area contributed by atoms with Gasteiger partial charge in [-0.15, -0.1) is 0 Å². The smallest absolute Gasteiger partial charge is 0.135 e. The molecule has 15 rings (SSSR count). The lowest BCUT2D eigenvalue weighted by Crippen LogP contribution is -2.32. The van der Waals surface area contributed by atoms with E-state index >= 15 is 0 Å². The van der Waals surface area contributed by atoms with Crippen molar-refractivity contribution in [2.45, 2.75) is 30.4 Å². The number of nitrogens with zero attached hydrogens (tertiary/aromatic N) is 1. The summed E-state index contributed by atoms with van der Waals surface area (Å²) in [5.41, 5.74) is 19.9. The van der Waals surface area contributed by atoms with Crippen molar-refractivity contribution in [3.63, 3.8) is 0 Å². The van der Waals surface area contributed by atoms with Crippen LogP contribution in [0.15, 0.2) is 248 Å². The van der Waals surface area contributed by atoms with Crippen LogP contribution >= 0.6 is 23.5 Å².